The smallest absolute Gasteiger partial charge is 0.357 e. The van der Waals surface area contributed by atoms with Gasteiger partial charge in [0.05, 0.1) is 10.1 Å². The highest BCUT2D eigenvalue weighted by Gasteiger charge is 2.30. The molecule has 0 aromatic carbocycles. The van der Waals surface area contributed by atoms with Crippen LogP contribution in [0.2, 0.25) is 0 Å². The van der Waals surface area contributed by atoms with Gasteiger partial charge < -0.3 is 10.0 Å². The van der Waals surface area contributed by atoms with Gasteiger partial charge in [-0.15, -0.1) is 0 Å². The van der Waals surface area contributed by atoms with Crippen LogP contribution in [0, 0.1) is 3.57 Å². The molecule has 1 aromatic heterocycles. The third-order valence-corrected chi connectivity index (χ3v) is 3.32. The van der Waals surface area contributed by atoms with Crippen LogP contribution in [0.3, 0.4) is 0 Å². The van der Waals surface area contributed by atoms with E-state index in [-0.39, 0.29) is 11.6 Å². The summed E-state index contributed by atoms with van der Waals surface area (Å²) in [5, 5.41) is 12.8. The van der Waals surface area contributed by atoms with Crippen molar-refractivity contribution in [1.82, 2.24) is 14.7 Å². The summed E-state index contributed by atoms with van der Waals surface area (Å²) in [6.45, 7) is 1.10. The van der Waals surface area contributed by atoms with Crippen molar-refractivity contribution in [1.29, 1.82) is 0 Å². The van der Waals surface area contributed by atoms with Gasteiger partial charge in [0, 0.05) is 13.6 Å². The highest BCUT2D eigenvalue weighted by Crippen LogP contribution is 2.21. The Morgan fingerprint density at radius 3 is 2.80 bits per heavy atom. The fourth-order valence-electron chi connectivity index (χ4n) is 1.47. The van der Waals surface area contributed by atoms with E-state index in [1.165, 1.54) is 4.68 Å². The molecule has 1 aliphatic rings. The molecule has 0 bridgehead atoms. The number of carbonyl (C=O) groups is 2. The van der Waals surface area contributed by atoms with Crippen LogP contribution in [0.4, 0.5) is 0 Å². The number of hydrogen-bond acceptors (Lipinski definition) is 3. The van der Waals surface area contributed by atoms with E-state index in [1.54, 1.807) is 11.9 Å². The number of halogens is 1. The molecule has 0 unspecified atom stereocenters. The molecule has 0 radical (unpaired) electrons. The Hall–Kier alpha value is -1.12. The summed E-state index contributed by atoms with van der Waals surface area (Å²) in [4.78, 5) is 24.1. The van der Waals surface area contributed by atoms with E-state index in [1.807, 2.05) is 22.6 Å². The lowest BCUT2D eigenvalue weighted by Gasteiger charge is -2.23. The summed E-state index contributed by atoms with van der Waals surface area (Å²) in [6, 6.07) is 0. The molecular weight excluding hydrogens is 313 g/mol. The first-order valence-corrected chi connectivity index (χ1v) is 5.35. The molecule has 0 fully saturated rings. The van der Waals surface area contributed by atoms with Gasteiger partial charge in [0.15, 0.2) is 5.69 Å². The van der Waals surface area contributed by atoms with Gasteiger partial charge in [-0.2, -0.15) is 5.10 Å². The monoisotopic (exact) mass is 321 g/mol. The molecule has 0 aliphatic carbocycles. The van der Waals surface area contributed by atoms with E-state index < -0.39 is 5.97 Å². The van der Waals surface area contributed by atoms with Gasteiger partial charge in [-0.3, -0.25) is 9.48 Å². The summed E-state index contributed by atoms with van der Waals surface area (Å²) in [5.41, 5.74) is 0.330. The number of carboxylic acids is 1. The molecule has 1 aromatic rings. The van der Waals surface area contributed by atoms with E-state index in [9.17, 15) is 9.59 Å². The molecule has 1 aliphatic heterocycles. The molecule has 0 saturated carbocycles. The van der Waals surface area contributed by atoms with Crippen molar-refractivity contribution in [3.63, 3.8) is 0 Å². The second kappa shape index (κ2) is 3.47. The number of amides is 1. The predicted molar refractivity (Wildman–Crippen MR) is 58.9 cm³/mol. The van der Waals surface area contributed by atoms with E-state index in [4.69, 9.17) is 5.11 Å². The van der Waals surface area contributed by atoms with Crippen LogP contribution in [0.15, 0.2) is 0 Å². The second-order valence-corrected chi connectivity index (χ2v) is 4.34. The Balaban J connectivity index is 2.59. The number of carboxylic acid groups (broad SMARTS) is 1. The van der Waals surface area contributed by atoms with Crippen LogP contribution in [-0.2, 0) is 6.54 Å². The molecule has 2 rings (SSSR count). The topological polar surface area (TPSA) is 75.4 Å². The molecular formula is C8H8IN3O3. The van der Waals surface area contributed by atoms with Crippen LogP contribution in [0.5, 0.6) is 0 Å². The fraction of sp³-hybridized carbons (Fsp3) is 0.375. The van der Waals surface area contributed by atoms with Gasteiger partial charge in [-0.25, -0.2) is 4.79 Å². The normalized spacial score (nSPS) is 15.3. The lowest BCUT2D eigenvalue weighted by molar-refractivity contribution is 0.0685. The first-order valence-electron chi connectivity index (χ1n) is 4.27. The van der Waals surface area contributed by atoms with Gasteiger partial charge in [-0.05, 0) is 22.6 Å². The predicted octanol–water partition coefficient (Wildman–Crippen LogP) is 0.272. The largest absolute Gasteiger partial charge is 0.476 e. The standard InChI is InChI=1S/C8H8IN3O3/c1-11-2-3-12-6(7(11)13)4(9)5(10-12)8(14)15/h2-3H2,1H3,(H,14,15). The number of aromatic carboxylic acids is 1. The third-order valence-electron chi connectivity index (χ3n) is 2.29. The number of nitrogens with zero attached hydrogens (tertiary/aromatic N) is 3. The lowest BCUT2D eigenvalue weighted by atomic mass is 10.3. The highest BCUT2D eigenvalue weighted by atomic mass is 127. The Morgan fingerprint density at radius 2 is 2.20 bits per heavy atom. The maximum Gasteiger partial charge on any atom is 0.357 e. The number of likely N-dealkylation sites (N-methyl/N-ethyl adjacent to an activating group) is 1. The summed E-state index contributed by atoms with van der Waals surface area (Å²) in [7, 11) is 1.69. The van der Waals surface area contributed by atoms with Crippen LogP contribution < -0.4 is 0 Å². The maximum absolute atomic E-state index is 11.7. The van der Waals surface area contributed by atoms with Gasteiger partial charge >= 0.3 is 5.97 Å². The van der Waals surface area contributed by atoms with Crippen molar-refractivity contribution in [2.75, 3.05) is 13.6 Å². The van der Waals surface area contributed by atoms with Crippen molar-refractivity contribution in [2.45, 2.75) is 6.54 Å². The highest BCUT2D eigenvalue weighted by molar-refractivity contribution is 14.1. The maximum atomic E-state index is 11.7. The van der Waals surface area contributed by atoms with E-state index in [2.05, 4.69) is 5.10 Å². The number of aromatic nitrogens is 2. The second-order valence-electron chi connectivity index (χ2n) is 3.27. The Kier molecular flexibility index (Phi) is 2.41. The van der Waals surface area contributed by atoms with Gasteiger partial charge in [0.2, 0.25) is 0 Å². The van der Waals surface area contributed by atoms with Crippen LogP contribution >= 0.6 is 22.6 Å². The molecule has 0 saturated heterocycles. The van der Waals surface area contributed by atoms with Crippen molar-refractivity contribution in [3.05, 3.63) is 15.0 Å². The minimum absolute atomic E-state index is 0.0470. The molecule has 80 valence electrons. The van der Waals surface area contributed by atoms with Gasteiger partial charge in [0.1, 0.15) is 5.69 Å². The first-order chi connectivity index (χ1) is 7.02. The Morgan fingerprint density at radius 1 is 1.53 bits per heavy atom. The first kappa shape index (κ1) is 10.4. The number of fused-ring (bicyclic) bond motifs is 1. The molecule has 0 spiro atoms. The minimum atomic E-state index is -1.10. The SMILES string of the molecule is CN1CCn2nc(C(=O)O)c(I)c2C1=O. The molecule has 6 nitrogen and oxygen atoms in total. The van der Waals surface area contributed by atoms with Gasteiger partial charge in [0.25, 0.3) is 5.91 Å². The molecule has 2 heterocycles. The van der Waals surface area contributed by atoms with Crippen LogP contribution in [0.25, 0.3) is 0 Å². The summed E-state index contributed by atoms with van der Waals surface area (Å²) in [5.74, 6) is -1.28. The van der Waals surface area contributed by atoms with E-state index in [0.717, 1.165) is 0 Å². The van der Waals surface area contributed by atoms with E-state index in [0.29, 0.717) is 22.4 Å². The van der Waals surface area contributed by atoms with Crippen LogP contribution in [0.1, 0.15) is 21.0 Å². The van der Waals surface area contributed by atoms with Crippen LogP contribution in [-0.4, -0.2) is 45.3 Å². The molecule has 1 N–H and O–H groups in total. The quantitative estimate of drug-likeness (QED) is 0.754. The summed E-state index contributed by atoms with van der Waals surface area (Å²) >= 11 is 1.85. The number of rotatable bonds is 1. The molecule has 7 heteroatoms. The molecule has 1 amide bonds. The number of carbonyl (C=O) groups excluding carboxylic acids is 1. The Labute approximate surface area is 99.0 Å². The lowest BCUT2D eigenvalue weighted by Crippen LogP contribution is -2.37. The van der Waals surface area contributed by atoms with Crippen molar-refractivity contribution < 1.29 is 14.7 Å². The summed E-state index contributed by atoms with van der Waals surface area (Å²) in [6.07, 6.45) is 0. The third kappa shape index (κ3) is 1.50. The average molecular weight is 321 g/mol. The Bertz CT molecular complexity index is 454. The van der Waals surface area contributed by atoms with Crippen molar-refractivity contribution >= 4 is 34.5 Å². The number of hydrogen-bond donors (Lipinski definition) is 1. The zero-order chi connectivity index (χ0) is 11.2. The molecule has 0 atom stereocenters. The zero-order valence-corrected chi connectivity index (χ0v) is 10.1. The van der Waals surface area contributed by atoms with Crippen molar-refractivity contribution in [2.24, 2.45) is 0 Å². The molecule has 15 heavy (non-hydrogen) atoms. The summed E-state index contributed by atoms with van der Waals surface area (Å²) < 4.78 is 1.88. The van der Waals surface area contributed by atoms with E-state index >= 15 is 0 Å². The average Bonchev–Trinajstić information content (AvgIpc) is 2.50. The zero-order valence-electron chi connectivity index (χ0n) is 7.90. The van der Waals surface area contributed by atoms with Gasteiger partial charge in [-0.1, -0.05) is 0 Å². The fourth-order valence-corrected chi connectivity index (χ4v) is 2.32. The van der Waals surface area contributed by atoms with Crippen molar-refractivity contribution in [3.8, 4) is 0 Å². The minimum Gasteiger partial charge on any atom is -0.476 e.